The lowest BCUT2D eigenvalue weighted by Gasteiger charge is -2.20. The number of thiazole rings is 1. The number of nitrogen functional groups attached to an aromatic ring is 1. The molecule has 4 aromatic heterocycles. The van der Waals surface area contributed by atoms with Crippen molar-refractivity contribution in [3.05, 3.63) is 40.0 Å². The number of aliphatic carboxylic acids is 1. The van der Waals surface area contributed by atoms with Crippen molar-refractivity contribution in [2.45, 2.75) is 56.7 Å². The van der Waals surface area contributed by atoms with E-state index < -0.39 is 47.8 Å². The quantitative estimate of drug-likeness (QED) is 0.249. The summed E-state index contributed by atoms with van der Waals surface area (Å²) in [6, 6.07) is 3.05. The van der Waals surface area contributed by atoms with Crippen LogP contribution in [-0.4, -0.2) is 58.8 Å². The summed E-state index contributed by atoms with van der Waals surface area (Å²) in [6.07, 6.45) is -4.63. The third-order valence-electron chi connectivity index (χ3n) is 7.70. The number of hydrogen-bond donors (Lipinski definition) is 3. The number of carbonyl (C=O) groups is 2. The smallest absolute Gasteiger partial charge is 0.453 e. The molecular weight excluding hydrogens is 587 g/mol. The van der Waals surface area contributed by atoms with E-state index in [1.165, 1.54) is 29.7 Å². The van der Waals surface area contributed by atoms with Crippen LogP contribution in [-0.2, 0) is 28.0 Å². The summed E-state index contributed by atoms with van der Waals surface area (Å²) in [4.78, 5) is 42.3. The van der Waals surface area contributed by atoms with Crippen LogP contribution in [0.2, 0.25) is 0 Å². The van der Waals surface area contributed by atoms with Crippen molar-refractivity contribution in [1.82, 2.24) is 29.7 Å². The van der Waals surface area contributed by atoms with Gasteiger partial charge in [-0.2, -0.15) is 27.1 Å². The predicted octanol–water partition coefficient (Wildman–Crippen LogP) is 4.18. The zero-order valence-electron chi connectivity index (χ0n) is 21.7. The first-order valence-electron chi connectivity index (χ1n) is 12.6. The number of nitrogens with one attached hydrogen (secondary N) is 1. The maximum atomic E-state index is 13.6. The average molecular weight is 609 g/mol. The largest absolute Gasteiger partial charge is 0.481 e. The minimum atomic E-state index is -5.72. The highest BCUT2D eigenvalue weighted by Gasteiger charge is 2.57. The first kappa shape index (κ1) is 27.9. The Hall–Kier alpha value is -4.28. The van der Waals surface area contributed by atoms with E-state index in [1.807, 2.05) is 0 Å². The molecule has 1 atom stereocenters. The number of nitrogens with zero attached hydrogens (tertiary/aromatic N) is 6. The molecule has 0 saturated heterocycles. The van der Waals surface area contributed by atoms with Crippen LogP contribution in [0.5, 0.6) is 0 Å². The Bertz CT molecular complexity index is 1770. The summed E-state index contributed by atoms with van der Waals surface area (Å²) < 4.78 is 66.3. The SMILES string of the molecule is C[C@@]1(c2nc(CC3(C(=O)O)CC3)cs2)C(=O)Nc2nc(-c3nn(CCC(F)(F)C(F)(F)F)c4ncccc34)nc(N)c21. The van der Waals surface area contributed by atoms with Crippen LogP contribution in [0.25, 0.3) is 22.6 Å². The Morgan fingerprint density at radius 3 is 2.62 bits per heavy atom. The van der Waals surface area contributed by atoms with Gasteiger partial charge >= 0.3 is 18.1 Å². The molecule has 0 unspecified atom stereocenters. The lowest BCUT2D eigenvalue weighted by atomic mass is 9.85. The number of carboxylic acids is 1. The van der Waals surface area contributed by atoms with Gasteiger partial charge in [0, 0.05) is 31.0 Å². The molecule has 5 heterocycles. The molecule has 2 aliphatic rings. The van der Waals surface area contributed by atoms with Gasteiger partial charge in [-0.1, -0.05) is 0 Å². The monoisotopic (exact) mass is 608 g/mol. The number of anilines is 2. The fourth-order valence-electron chi connectivity index (χ4n) is 5.02. The van der Waals surface area contributed by atoms with Crippen molar-refractivity contribution in [1.29, 1.82) is 0 Å². The minimum absolute atomic E-state index is 0.0192. The normalized spacial score (nSPS) is 19.6. The molecule has 4 aromatic rings. The van der Waals surface area contributed by atoms with Crippen molar-refractivity contribution in [2.75, 3.05) is 11.1 Å². The lowest BCUT2D eigenvalue weighted by molar-refractivity contribution is -0.285. The van der Waals surface area contributed by atoms with E-state index in [-0.39, 0.29) is 46.2 Å². The topological polar surface area (TPSA) is 162 Å². The van der Waals surface area contributed by atoms with Gasteiger partial charge in [0.05, 0.1) is 22.1 Å². The number of carboxylic acid groups (broad SMARTS) is 1. The number of carbonyl (C=O) groups excluding carboxylic acids is 1. The maximum Gasteiger partial charge on any atom is 0.453 e. The van der Waals surface area contributed by atoms with Crippen LogP contribution in [0.4, 0.5) is 33.6 Å². The molecule has 0 spiro atoms. The lowest BCUT2D eigenvalue weighted by Crippen LogP contribution is -2.37. The third kappa shape index (κ3) is 4.24. The van der Waals surface area contributed by atoms with E-state index in [2.05, 4.69) is 30.4 Å². The zero-order chi connectivity index (χ0) is 30.2. The highest BCUT2D eigenvalue weighted by atomic mass is 32.1. The molecule has 0 radical (unpaired) electrons. The van der Waals surface area contributed by atoms with Crippen molar-refractivity contribution >= 4 is 45.9 Å². The first-order chi connectivity index (χ1) is 19.7. The molecule has 1 aliphatic carbocycles. The van der Waals surface area contributed by atoms with E-state index in [1.54, 1.807) is 12.3 Å². The van der Waals surface area contributed by atoms with Crippen LogP contribution < -0.4 is 11.1 Å². The Labute approximate surface area is 237 Å². The number of amides is 1. The van der Waals surface area contributed by atoms with E-state index in [4.69, 9.17) is 5.73 Å². The number of aromatic nitrogens is 6. The average Bonchev–Trinajstić information content (AvgIpc) is 3.26. The highest BCUT2D eigenvalue weighted by molar-refractivity contribution is 7.10. The number of aryl methyl sites for hydroxylation is 1. The molecule has 220 valence electrons. The van der Waals surface area contributed by atoms with Gasteiger partial charge in [-0.05, 0) is 31.9 Å². The number of rotatable bonds is 8. The van der Waals surface area contributed by atoms with Gasteiger partial charge < -0.3 is 16.2 Å². The van der Waals surface area contributed by atoms with Crippen molar-refractivity contribution in [3.8, 4) is 11.5 Å². The van der Waals surface area contributed by atoms with Crippen LogP contribution in [0.3, 0.4) is 0 Å². The summed E-state index contributed by atoms with van der Waals surface area (Å²) in [5.41, 5.74) is 4.93. The molecule has 17 heteroatoms. The van der Waals surface area contributed by atoms with Crippen LogP contribution in [0, 0.1) is 5.41 Å². The second-order valence-corrected chi connectivity index (χ2v) is 11.4. The van der Waals surface area contributed by atoms with Crippen molar-refractivity contribution in [2.24, 2.45) is 5.41 Å². The molecule has 42 heavy (non-hydrogen) atoms. The second-order valence-electron chi connectivity index (χ2n) is 10.5. The fraction of sp³-hybridized carbons (Fsp3) is 0.400. The number of halogens is 5. The second kappa shape index (κ2) is 9.11. The third-order valence-corrected chi connectivity index (χ3v) is 8.81. The van der Waals surface area contributed by atoms with E-state index in [9.17, 15) is 36.6 Å². The van der Waals surface area contributed by atoms with Gasteiger partial charge in [0.1, 0.15) is 27.8 Å². The standard InChI is InChI=1S/C25H21F5N8O3S/c1-22(20-33-11(10-42-20)9-23(4-5-23)21(40)41)13-15(31)34-17(35-16(13)36-19(22)39)14-12-3-2-7-32-18(12)38(37-14)8-6-24(26,27)25(28,29)30/h2-3,7,10H,4-6,8-9H2,1H3,(H,40,41)(H3,31,34,35,36,39)/t22-/m0/s1. The fourth-order valence-corrected chi connectivity index (χ4v) is 6.00. The van der Waals surface area contributed by atoms with E-state index in [0.717, 1.165) is 4.68 Å². The molecule has 6 rings (SSSR count). The number of pyridine rings is 1. The van der Waals surface area contributed by atoms with Crippen molar-refractivity contribution < 1.29 is 36.6 Å². The Morgan fingerprint density at radius 1 is 1.21 bits per heavy atom. The summed E-state index contributed by atoms with van der Waals surface area (Å²) >= 11 is 1.18. The molecule has 11 nitrogen and oxygen atoms in total. The Kier molecular flexibility index (Phi) is 6.04. The summed E-state index contributed by atoms with van der Waals surface area (Å²) in [5, 5.41) is 18.7. The van der Waals surface area contributed by atoms with Gasteiger partial charge in [0.15, 0.2) is 11.5 Å². The van der Waals surface area contributed by atoms with Crippen molar-refractivity contribution in [3.63, 3.8) is 0 Å². The number of hydrogen-bond acceptors (Lipinski definition) is 9. The number of fused-ring (bicyclic) bond motifs is 2. The predicted molar refractivity (Wildman–Crippen MR) is 139 cm³/mol. The maximum absolute atomic E-state index is 13.6. The summed E-state index contributed by atoms with van der Waals surface area (Å²) in [5.74, 6) is -6.48. The molecule has 1 fully saturated rings. The zero-order valence-corrected chi connectivity index (χ0v) is 22.5. The van der Waals surface area contributed by atoms with Gasteiger partial charge in [-0.25, -0.2) is 24.6 Å². The number of alkyl halides is 5. The molecule has 0 bridgehead atoms. The molecule has 1 aliphatic heterocycles. The molecule has 1 saturated carbocycles. The molecule has 0 aromatic carbocycles. The Balaban J connectivity index is 1.36. The molecule has 1 amide bonds. The molecular formula is C25H21F5N8O3S. The van der Waals surface area contributed by atoms with Gasteiger partial charge in [-0.3, -0.25) is 9.59 Å². The summed E-state index contributed by atoms with van der Waals surface area (Å²) in [7, 11) is 0. The summed E-state index contributed by atoms with van der Waals surface area (Å²) in [6.45, 7) is 0.792. The van der Waals surface area contributed by atoms with Crippen LogP contribution in [0.15, 0.2) is 23.7 Å². The van der Waals surface area contributed by atoms with E-state index >= 15 is 0 Å². The van der Waals surface area contributed by atoms with Crippen LogP contribution >= 0.6 is 11.3 Å². The number of nitrogens with two attached hydrogens (primary N) is 1. The highest BCUT2D eigenvalue weighted by Crippen LogP contribution is 2.50. The van der Waals surface area contributed by atoms with Gasteiger partial charge in [-0.15, -0.1) is 11.3 Å². The van der Waals surface area contributed by atoms with Gasteiger partial charge in [0.25, 0.3) is 0 Å². The first-order valence-corrected chi connectivity index (χ1v) is 13.5. The minimum Gasteiger partial charge on any atom is -0.481 e. The Morgan fingerprint density at radius 2 is 1.95 bits per heavy atom. The van der Waals surface area contributed by atoms with Gasteiger partial charge in [0.2, 0.25) is 5.91 Å². The molecule has 4 N–H and O–H groups in total. The van der Waals surface area contributed by atoms with Crippen LogP contribution in [0.1, 0.15) is 42.5 Å². The van der Waals surface area contributed by atoms with E-state index in [0.29, 0.717) is 23.5 Å².